The summed E-state index contributed by atoms with van der Waals surface area (Å²) in [5.74, 6) is -0.306. The van der Waals surface area contributed by atoms with E-state index in [2.05, 4.69) is 17.1 Å². The molecule has 0 aliphatic carbocycles. The highest BCUT2D eigenvalue weighted by molar-refractivity contribution is 6.01. The first kappa shape index (κ1) is 16.0. The minimum atomic E-state index is -0.306. The van der Waals surface area contributed by atoms with Crippen molar-refractivity contribution in [2.45, 2.75) is 19.4 Å². The first-order valence-electron chi connectivity index (χ1n) is 7.26. The zero-order chi connectivity index (χ0) is 15.9. The Morgan fingerprint density at radius 3 is 3.14 bits per heavy atom. The summed E-state index contributed by atoms with van der Waals surface area (Å²) in [5.41, 5.74) is 1.40. The molecule has 0 aromatic heterocycles. The number of oxime groups is 1. The molecule has 22 heavy (non-hydrogen) atoms. The number of hydrogen-bond donors (Lipinski definition) is 1. The summed E-state index contributed by atoms with van der Waals surface area (Å²) < 4.78 is 13.3. The van der Waals surface area contributed by atoms with Gasteiger partial charge in [0.2, 0.25) is 0 Å². The van der Waals surface area contributed by atoms with Crippen LogP contribution in [0.1, 0.15) is 18.9 Å². The third-order valence-electron chi connectivity index (χ3n) is 3.28. The van der Waals surface area contributed by atoms with E-state index < -0.39 is 0 Å². The highest BCUT2D eigenvalue weighted by atomic mass is 19.1. The van der Waals surface area contributed by atoms with Gasteiger partial charge in [-0.05, 0) is 19.1 Å². The van der Waals surface area contributed by atoms with Crippen molar-refractivity contribution in [3.63, 3.8) is 0 Å². The van der Waals surface area contributed by atoms with Crippen LogP contribution in [0.2, 0.25) is 0 Å². The van der Waals surface area contributed by atoms with E-state index in [1.807, 2.05) is 6.92 Å². The molecular formula is C16H20FN3O2. The van der Waals surface area contributed by atoms with E-state index in [9.17, 15) is 9.18 Å². The largest absolute Gasteiger partial charge is 0.390 e. The van der Waals surface area contributed by atoms with Crippen molar-refractivity contribution in [2.24, 2.45) is 5.16 Å². The van der Waals surface area contributed by atoms with Gasteiger partial charge in [-0.2, -0.15) is 0 Å². The van der Waals surface area contributed by atoms with Crippen LogP contribution in [0, 0.1) is 5.82 Å². The second-order valence-electron chi connectivity index (χ2n) is 5.01. The molecule has 118 valence electrons. The van der Waals surface area contributed by atoms with Crippen molar-refractivity contribution < 1.29 is 14.0 Å². The number of amides is 2. The van der Waals surface area contributed by atoms with Crippen LogP contribution in [0.4, 0.5) is 9.18 Å². The normalized spacial score (nSPS) is 16.6. The number of nitrogens with one attached hydrogen (secondary N) is 1. The molecule has 0 bridgehead atoms. The maximum absolute atomic E-state index is 13.3. The van der Waals surface area contributed by atoms with Gasteiger partial charge in [-0.25, -0.2) is 9.18 Å². The van der Waals surface area contributed by atoms with Gasteiger partial charge in [0.1, 0.15) is 5.82 Å². The van der Waals surface area contributed by atoms with Gasteiger partial charge in [0.05, 0.1) is 12.3 Å². The zero-order valence-corrected chi connectivity index (χ0v) is 12.6. The standard InChI is InChI=1S/C16H20FN3O2/c1-3-8-20(16(21)18-4-2)11-14-10-15(19-22-14)12-6-5-7-13(17)9-12/h3,5-7,9,14H,1,4,8,10-11H2,2H3,(H,18,21)/t14-/m0/s1. The Bertz CT molecular complexity index is 574. The van der Waals surface area contributed by atoms with E-state index in [1.165, 1.54) is 12.1 Å². The first-order valence-corrected chi connectivity index (χ1v) is 7.26. The molecule has 2 rings (SSSR count). The van der Waals surface area contributed by atoms with Crippen molar-refractivity contribution in [3.05, 3.63) is 48.3 Å². The highest BCUT2D eigenvalue weighted by Gasteiger charge is 2.26. The summed E-state index contributed by atoms with van der Waals surface area (Å²) in [6.07, 6.45) is 1.97. The van der Waals surface area contributed by atoms with E-state index in [-0.39, 0.29) is 18.0 Å². The van der Waals surface area contributed by atoms with E-state index in [4.69, 9.17) is 4.84 Å². The predicted octanol–water partition coefficient (Wildman–Crippen LogP) is 2.54. The van der Waals surface area contributed by atoms with Crippen molar-refractivity contribution in [1.29, 1.82) is 0 Å². The molecule has 1 aliphatic rings. The highest BCUT2D eigenvalue weighted by Crippen LogP contribution is 2.18. The second-order valence-corrected chi connectivity index (χ2v) is 5.01. The predicted molar refractivity (Wildman–Crippen MR) is 83.3 cm³/mol. The molecule has 0 unspecified atom stereocenters. The minimum Gasteiger partial charge on any atom is -0.390 e. The molecule has 1 aromatic carbocycles. The molecule has 6 heteroatoms. The van der Waals surface area contributed by atoms with Crippen molar-refractivity contribution in [3.8, 4) is 0 Å². The summed E-state index contributed by atoms with van der Waals surface area (Å²) in [6, 6.07) is 6.08. The summed E-state index contributed by atoms with van der Waals surface area (Å²) in [6.45, 7) is 6.91. The number of nitrogens with zero attached hydrogens (tertiary/aromatic N) is 2. The van der Waals surface area contributed by atoms with Crippen LogP contribution in [0.5, 0.6) is 0 Å². The Hall–Kier alpha value is -2.37. The lowest BCUT2D eigenvalue weighted by Gasteiger charge is -2.23. The van der Waals surface area contributed by atoms with Crippen LogP contribution in [0.25, 0.3) is 0 Å². The molecule has 5 nitrogen and oxygen atoms in total. The number of hydrogen-bond acceptors (Lipinski definition) is 3. The number of halogens is 1. The fourth-order valence-corrected chi connectivity index (χ4v) is 2.27. The molecule has 2 amide bonds. The first-order chi connectivity index (χ1) is 10.6. The zero-order valence-electron chi connectivity index (χ0n) is 12.6. The lowest BCUT2D eigenvalue weighted by Crippen LogP contribution is -2.43. The molecule has 1 aliphatic heterocycles. The molecule has 0 spiro atoms. The van der Waals surface area contributed by atoms with E-state index >= 15 is 0 Å². The van der Waals surface area contributed by atoms with Gasteiger partial charge in [-0.15, -0.1) is 6.58 Å². The van der Waals surface area contributed by atoms with Gasteiger partial charge in [0.25, 0.3) is 0 Å². The number of urea groups is 1. The van der Waals surface area contributed by atoms with E-state index in [0.29, 0.717) is 37.3 Å². The number of rotatable bonds is 6. The quantitative estimate of drug-likeness (QED) is 0.821. The SMILES string of the molecule is C=CCN(C[C@@H]1CC(c2cccc(F)c2)=NO1)C(=O)NCC. The Morgan fingerprint density at radius 2 is 2.45 bits per heavy atom. The summed E-state index contributed by atoms with van der Waals surface area (Å²) in [5, 5.41) is 6.76. The smallest absolute Gasteiger partial charge is 0.317 e. The van der Waals surface area contributed by atoms with Gasteiger partial charge in [0, 0.05) is 25.1 Å². The Balaban J connectivity index is 1.96. The molecular weight excluding hydrogens is 285 g/mol. The maximum atomic E-state index is 13.3. The molecule has 0 saturated heterocycles. The lowest BCUT2D eigenvalue weighted by atomic mass is 10.0. The van der Waals surface area contributed by atoms with Crippen molar-refractivity contribution in [1.82, 2.24) is 10.2 Å². The molecule has 0 radical (unpaired) electrons. The van der Waals surface area contributed by atoms with Crippen molar-refractivity contribution >= 4 is 11.7 Å². The third-order valence-corrected chi connectivity index (χ3v) is 3.28. The Labute approximate surface area is 129 Å². The molecule has 1 heterocycles. The maximum Gasteiger partial charge on any atom is 0.317 e. The summed E-state index contributed by atoms with van der Waals surface area (Å²) in [7, 11) is 0. The van der Waals surface area contributed by atoms with Gasteiger partial charge in [0.15, 0.2) is 6.10 Å². The van der Waals surface area contributed by atoms with Crippen LogP contribution < -0.4 is 5.32 Å². The number of carbonyl (C=O) groups is 1. The molecule has 0 saturated carbocycles. The van der Waals surface area contributed by atoms with E-state index in [0.717, 1.165) is 0 Å². The van der Waals surface area contributed by atoms with Gasteiger partial charge >= 0.3 is 6.03 Å². The third kappa shape index (κ3) is 4.07. The molecule has 1 N–H and O–H groups in total. The van der Waals surface area contributed by atoms with Crippen LogP contribution >= 0.6 is 0 Å². The topological polar surface area (TPSA) is 53.9 Å². The fourth-order valence-electron chi connectivity index (χ4n) is 2.27. The van der Waals surface area contributed by atoms with Crippen LogP contribution in [0.15, 0.2) is 42.1 Å². The van der Waals surface area contributed by atoms with Crippen LogP contribution in [-0.4, -0.2) is 42.4 Å². The average Bonchev–Trinajstić information content (AvgIpc) is 2.96. The van der Waals surface area contributed by atoms with Crippen LogP contribution in [0.3, 0.4) is 0 Å². The van der Waals surface area contributed by atoms with E-state index in [1.54, 1.807) is 23.1 Å². The molecule has 1 aromatic rings. The Morgan fingerprint density at radius 1 is 1.64 bits per heavy atom. The van der Waals surface area contributed by atoms with Gasteiger partial charge < -0.3 is 15.1 Å². The molecule has 0 fully saturated rings. The lowest BCUT2D eigenvalue weighted by molar-refractivity contribution is 0.0630. The fraction of sp³-hybridized carbons (Fsp3) is 0.375. The molecule has 1 atom stereocenters. The van der Waals surface area contributed by atoms with Gasteiger partial charge in [-0.1, -0.05) is 23.4 Å². The summed E-state index contributed by atoms with van der Waals surface area (Å²) in [4.78, 5) is 18.9. The van der Waals surface area contributed by atoms with Crippen LogP contribution in [-0.2, 0) is 4.84 Å². The van der Waals surface area contributed by atoms with Gasteiger partial charge in [-0.3, -0.25) is 0 Å². The minimum absolute atomic E-state index is 0.162. The second kappa shape index (κ2) is 7.59. The average molecular weight is 305 g/mol. The number of benzene rings is 1. The summed E-state index contributed by atoms with van der Waals surface area (Å²) >= 11 is 0. The number of carbonyl (C=O) groups excluding carboxylic acids is 1. The Kier molecular flexibility index (Phi) is 5.52. The monoisotopic (exact) mass is 305 g/mol. The van der Waals surface area contributed by atoms with Crippen molar-refractivity contribution in [2.75, 3.05) is 19.6 Å².